The standard InChI is InChI=1S/C65H114O6/c1-4-7-10-13-16-19-22-24-26-27-28-29-30-31-32-33-34-35-36-37-38-40-41-43-46-49-52-55-58-64(67)70-61-62(60-69-63(66)57-54-51-48-45-21-18-15-12-9-6-3)71-65(68)59-56-53-50-47-44-42-39-25-23-20-17-14-11-8-5-2/h8,11-12,15,17,20,25,39,44,47,53,56,62H,4-7,9-10,13-14,16,18-19,21-24,26-38,40-43,45-46,48-52,54-55,57-61H2,1-3H3/b11-8-,15-12-,20-17-,39-25-,47-44-,56-53-. The summed E-state index contributed by atoms with van der Waals surface area (Å²) in [4.78, 5) is 38.0. The van der Waals surface area contributed by atoms with Crippen molar-refractivity contribution in [3.8, 4) is 0 Å². The molecule has 0 fully saturated rings. The average molecular weight is 992 g/mol. The summed E-state index contributed by atoms with van der Waals surface area (Å²) in [7, 11) is 0. The number of allylic oxidation sites excluding steroid dienone is 11. The monoisotopic (exact) mass is 991 g/mol. The molecule has 0 aliphatic heterocycles. The van der Waals surface area contributed by atoms with E-state index in [1.54, 1.807) is 6.08 Å². The van der Waals surface area contributed by atoms with E-state index in [4.69, 9.17) is 14.2 Å². The fourth-order valence-electron chi connectivity index (χ4n) is 8.70. The van der Waals surface area contributed by atoms with Gasteiger partial charge in [-0.25, -0.2) is 0 Å². The van der Waals surface area contributed by atoms with E-state index in [9.17, 15) is 14.4 Å². The number of esters is 3. The van der Waals surface area contributed by atoms with E-state index in [1.807, 2.05) is 6.08 Å². The number of hydrogen-bond donors (Lipinski definition) is 0. The van der Waals surface area contributed by atoms with Gasteiger partial charge >= 0.3 is 17.9 Å². The highest BCUT2D eigenvalue weighted by molar-refractivity contribution is 5.72. The molecule has 0 aliphatic carbocycles. The Morgan fingerprint density at radius 3 is 0.972 bits per heavy atom. The molecule has 0 rings (SSSR count). The lowest BCUT2D eigenvalue weighted by Gasteiger charge is -2.18. The molecule has 410 valence electrons. The van der Waals surface area contributed by atoms with Gasteiger partial charge in [-0.15, -0.1) is 0 Å². The molecule has 0 heterocycles. The minimum absolute atomic E-state index is 0.0972. The summed E-state index contributed by atoms with van der Waals surface area (Å²) < 4.78 is 16.7. The second-order valence-electron chi connectivity index (χ2n) is 20.3. The molecule has 1 unspecified atom stereocenters. The molecule has 6 heteroatoms. The van der Waals surface area contributed by atoms with Crippen LogP contribution in [0, 0.1) is 0 Å². The van der Waals surface area contributed by atoms with E-state index in [1.165, 1.54) is 173 Å². The van der Waals surface area contributed by atoms with Crippen LogP contribution < -0.4 is 0 Å². The lowest BCUT2D eigenvalue weighted by molar-refractivity contribution is -0.166. The smallest absolute Gasteiger partial charge is 0.310 e. The summed E-state index contributed by atoms with van der Waals surface area (Å²) in [5, 5.41) is 0. The van der Waals surface area contributed by atoms with Crippen LogP contribution in [-0.2, 0) is 28.6 Å². The van der Waals surface area contributed by atoms with Gasteiger partial charge in [0.1, 0.15) is 13.2 Å². The molecule has 0 N–H and O–H groups in total. The van der Waals surface area contributed by atoms with Crippen LogP contribution in [0.15, 0.2) is 72.9 Å². The van der Waals surface area contributed by atoms with E-state index in [0.29, 0.717) is 12.8 Å². The Hall–Kier alpha value is -3.15. The number of ether oxygens (including phenoxy) is 3. The molecule has 0 aromatic carbocycles. The van der Waals surface area contributed by atoms with Crippen molar-refractivity contribution < 1.29 is 28.6 Å². The topological polar surface area (TPSA) is 78.9 Å². The normalized spacial score (nSPS) is 12.5. The van der Waals surface area contributed by atoms with E-state index in [2.05, 4.69) is 81.5 Å². The number of carbonyl (C=O) groups is 3. The van der Waals surface area contributed by atoms with Gasteiger partial charge < -0.3 is 14.2 Å². The Morgan fingerprint density at radius 2 is 0.620 bits per heavy atom. The van der Waals surface area contributed by atoms with Gasteiger partial charge in [0, 0.05) is 12.8 Å². The Morgan fingerprint density at radius 1 is 0.310 bits per heavy atom. The van der Waals surface area contributed by atoms with Crippen molar-refractivity contribution >= 4 is 17.9 Å². The molecular formula is C65H114O6. The van der Waals surface area contributed by atoms with Gasteiger partial charge in [0.15, 0.2) is 6.10 Å². The summed E-state index contributed by atoms with van der Waals surface area (Å²) in [6.07, 6.45) is 76.8. The maximum Gasteiger partial charge on any atom is 0.310 e. The minimum atomic E-state index is -0.831. The first-order valence-corrected chi connectivity index (χ1v) is 30.4. The largest absolute Gasteiger partial charge is 0.462 e. The van der Waals surface area contributed by atoms with Gasteiger partial charge in [-0.05, 0) is 64.2 Å². The van der Waals surface area contributed by atoms with E-state index >= 15 is 0 Å². The van der Waals surface area contributed by atoms with Crippen molar-refractivity contribution in [2.75, 3.05) is 13.2 Å². The molecular weight excluding hydrogens is 877 g/mol. The van der Waals surface area contributed by atoms with Gasteiger partial charge in [-0.2, -0.15) is 0 Å². The van der Waals surface area contributed by atoms with Crippen LogP contribution in [0.2, 0.25) is 0 Å². The van der Waals surface area contributed by atoms with Crippen LogP contribution in [0.25, 0.3) is 0 Å². The van der Waals surface area contributed by atoms with E-state index in [0.717, 1.165) is 89.9 Å². The SMILES string of the molecule is CC/C=C\C/C=C\C/C=C\C/C=C\C/C=C\CC(=O)OC(COC(=O)CCCCCCC/C=C\CCC)COC(=O)CCCCCCCCCCCCCCCCCCCCCCCCCCCCCC. The number of rotatable bonds is 55. The predicted molar refractivity (Wildman–Crippen MR) is 307 cm³/mol. The van der Waals surface area contributed by atoms with Crippen LogP contribution in [0.5, 0.6) is 0 Å². The maximum absolute atomic E-state index is 12.8. The average Bonchev–Trinajstić information content (AvgIpc) is 3.37. The molecule has 0 bridgehead atoms. The first-order valence-electron chi connectivity index (χ1n) is 30.4. The summed E-state index contributed by atoms with van der Waals surface area (Å²) in [5.74, 6) is -1.05. The van der Waals surface area contributed by atoms with Gasteiger partial charge in [-0.1, -0.05) is 293 Å². The Balaban J connectivity index is 4.19. The molecule has 0 saturated carbocycles. The van der Waals surface area contributed by atoms with Crippen molar-refractivity contribution in [3.05, 3.63) is 72.9 Å². The highest BCUT2D eigenvalue weighted by Gasteiger charge is 2.19. The minimum Gasteiger partial charge on any atom is -0.462 e. The van der Waals surface area contributed by atoms with Gasteiger partial charge in [0.2, 0.25) is 0 Å². The fraction of sp³-hybridized carbons (Fsp3) is 0.769. The number of carbonyl (C=O) groups excluding carboxylic acids is 3. The van der Waals surface area contributed by atoms with Crippen LogP contribution in [0.3, 0.4) is 0 Å². The van der Waals surface area contributed by atoms with Crippen molar-refractivity contribution in [1.29, 1.82) is 0 Å². The Kier molecular flexibility index (Phi) is 56.8. The molecule has 0 aromatic heterocycles. The van der Waals surface area contributed by atoms with Crippen LogP contribution in [-0.4, -0.2) is 37.2 Å². The molecule has 0 amide bonds. The third-order valence-electron chi connectivity index (χ3n) is 13.2. The second-order valence-corrected chi connectivity index (χ2v) is 20.3. The highest BCUT2D eigenvalue weighted by atomic mass is 16.6. The Bertz CT molecular complexity index is 1320. The summed E-state index contributed by atoms with van der Waals surface area (Å²) >= 11 is 0. The summed E-state index contributed by atoms with van der Waals surface area (Å²) in [6, 6.07) is 0. The van der Waals surface area contributed by atoms with Crippen molar-refractivity contribution in [2.45, 2.75) is 309 Å². The summed E-state index contributed by atoms with van der Waals surface area (Å²) in [5.41, 5.74) is 0. The van der Waals surface area contributed by atoms with Crippen LogP contribution in [0.1, 0.15) is 303 Å². The first-order chi connectivity index (χ1) is 35.0. The zero-order valence-corrected chi connectivity index (χ0v) is 47.0. The lowest BCUT2D eigenvalue weighted by atomic mass is 10.0. The first kappa shape index (κ1) is 67.8. The summed E-state index contributed by atoms with van der Waals surface area (Å²) in [6.45, 7) is 6.40. The number of unbranched alkanes of at least 4 members (excludes halogenated alkanes) is 33. The zero-order chi connectivity index (χ0) is 51.4. The molecule has 0 aliphatic rings. The molecule has 0 aromatic rings. The van der Waals surface area contributed by atoms with Gasteiger partial charge in [0.05, 0.1) is 6.42 Å². The second kappa shape index (κ2) is 59.4. The molecule has 0 radical (unpaired) electrons. The predicted octanol–water partition coefficient (Wildman–Crippen LogP) is 20.5. The molecule has 1 atom stereocenters. The molecule has 6 nitrogen and oxygen atoms in total. The maximum atomic E-state index is 12.8. The molecule has 71 heavy (non-hydrogen) atoms. The zero-order valence-electron chi connectivity index (χ0n) is 47.0. The molecule has 0 spiro atoms. The molecule has 0 saturated heterocycles. The van der Waals surface area contributed by atoms with Crippen molar-refractivity contribution in [1.82, 2.24) is 0 Å². The highest BCUT2D eigenvalue weighted by Crippen LogP contribution is 2.17. The third-order valence-corrected chi connectivity index (χ3v) is 13.2. The van der Waals surface area contributed by atoms with Crippen molar-refractivity contribution in [3.63, 3.8) is 0 Å². The lowest BCUT2D eigenvalue weighted by Crippen LogP contribution is -2.30. The third kappa shape index (κ3) is 57.6. The van der Waals surface area contributed by atoms with Crippen molar-refractivity contribution in [2.24, 2.45) is 0 Å². The quantitative estimate of drug-likeness (QED) is 0.0261. The fourth-order valence-corrected chi connectivity index (χ4v) is 8.70. The van der Waals surface area contributed by atoms with Crippen LogP contribution >= 0.6 is 0 Å². The van der Waals surface area contributed by atoms with Crippen LogP contribution in [0.4, 0.5) is 0 Å². The van der Waals surface area contributed by atoms with Gasteiger partial charge in [-0.3, -0.25) is 14.4 Å². The van der Waals surface area contributed by atoms with E-state index in [-0.39, 0.29) is 31.6 Å². The van der Waals surface area contributed by atoms with Gasteiger partial charge in [0.25, 0.3) is 0 Å². The Labute approximate surface area is 440 Å². The number of hydrogen-bond acceptors (Lipinski definition) is 6. The van der Waals surface area contributed by atoms with E-state index < -0.39 is 12.1 Å².